The number of nitrogens with one attached hydrogen (secondary N) is 1. The second kappa shape index (κ2) is 6.41. The van der Waals surface area contributed by atoms with Crippen molar-refractivity contribution in [2.45, 2.75) is 44.4 Å². The number of fused-ring (bicyclic) bond motifs is 2. The molecule has 26 heavy (non-hydrogen) atoms. The Labute approximate surface area is 152 Å². The molecule has 2 unspecified atom stereocenters. The summed E-state index contributed by atoms with van der Waals surface area (Å²) in [5, 5.41) is 2.89. The van der Waals surface area contributed by atoms with Gasteiger partial charge in [0, 0.05) is 13.0 Å². The summed E-state index contributed by atoms with van der Waals surface area (Å²) in [4.78, 5) is 39.5. The molecule has 3 aliphatic rings. The zero-order valence-corrected chi connectivity index (χ0v) is 15.0. The van der Waals surface area contributed by atoms with Crippen LogP contribution < -0.4 is 10.2 Å². The lowest BCUT2D eigenvalue weighted by atomic mass is 9.62. The van der Waals surface area contributed by atoms with Crippen LogP contribution in [0.25, 0.3) is 0 Å². The number of anilines is 1. The number of amides is 3. The fourth-order valence-electron chi connectivity index (χ4n) is 5.11. The Kier molecular flexibility index (Phi) is 4.21. The van der Waals surface area contributed by atoms with E-state index in [0.717, 1.165) is 31.2 Å². The van der Waals surface area contributed by atoms with Crippen LogP contribution in [0.5, 0.6) is 0 Å². The van der Waals surface area contributed by atoms with Gasteiger partial charge in [0.05, 0.1) is 17.7 Å². The predicted molar refractivity (Wildman–Crippen MR) is 95.7 cm³/mol. The Morgan fingerprint density at radius 1 is 1.27 bits per heavy atom. The first-order valence-electron chi connectivity index (χ1n) is 9.47. The monoisotopic (exact) mass is 356 g/mol. The highest BCUT2D eigenvalue weighted by Crippen LogP contribution is 2.53. The van der Waals surface area contributed by atoms with Gasteiger partial charge in [-0.25, -0.2) is 9.69 Å². The van der Waals surface area contributed by atoms with Crippen molar-refractivity contribution >= 4 is 23.6 Å². The number of ether oxygens (including phenoxy) is 1. The van der Waals surface area contributed by atoms with Crippen molar-refractivity contribution in [1.82, 2.24) is 5.32 Å². The number of carbonyl (C=O) groups is 3. The van der Waals surface area contributed by atoms with E-state index >= 15 is 0 Å². The average Bonchev–Trinajstić information content (AvgIpc) is 3.24. The Bertz CT molecular complexity index is 756. The molecule has 2 fully saturated rings. The lowest BCUT2D eigenvalue weighted by molar-refractivity contribution is -0.133. The minimum atomic E-state index is -0.869. The Hall–Kier alpha value is -2.37. The van der Waals surface area contributed by atoms with Crippen LogP contribution in [0.1, 0.15) is 44.6 Å². The van der Waals surface area contributed by atoms with Crippen LogP contribution in [0.4, 0.5) is 10.5 Å². The van der Waals surface area contributed by atoms with E-state index in [1.807, 2.05) is 18.2 Å². The quantitative estimate of drug-likeness (QED) is 0.884. The van der Waals surface area contributed by atoms with Crippen molar-refractivity contribution < 1.29 is 19.1 Å². The zero-order chi connectivity index (χ0) is 18.3. The minimum absolute atomic E-state index is 0.00705. The summed E-state index contributed by atoms with van der Waals surface area (Å²) in [5.74, 6) is -0.00605. The molecule has 1 saturated carbocycles. The maximum absolute atomic E-state index is 13.6. The smallest absolute Gasteiger partial charge is 0.421 e. The molecule has 2 aliphatic heterocycles. The molecular formula is C20H24N2O4. The molecule has 2 atom stereocenters. The highest BCUT2D eigenvalue weighted by atomic mass is 16.6. The van der Waals surface area contributed by atoms with Crippen LogP contribution in [0.2, 0.25) is 0 Å². The third-order valence-electron chi connectivity index (χ3n) is 6.23. The van der Waals surface area contributed by atoms with Gasteiger partial charge in [0.2, 0.25) is 11.8 Å². The number of para-hydroxylation sites is 1. The molecule has 1 aromatic carbocycles. The first-order chi connectivity index (χ1) is 12.6. The number of benzene rings is 1. The van der Waals surface area contributed by atoms with E-state index < -0.39 is 11.5 Å². The molecular weight excluding hydrogens is 332 g/mol. The first kappa shape index (κ1) is 17.1. The number of rotatable bonds is 2. The second-order valence-corrected chi connectivity index (χ2v) is 7.46. The molecule has 6 nitrogen and oxygen atoms in total. The van der Waals surface area contributed by atoms with Crippen LogP contribution in [-0.4, -0.2) is 31.1 Å². The number of nitrogens with zero attached hydrogens (tertiary/aromatic N) is 1. The van der Waals surface area contributed by atoms with Gasteiger partial charge in [-0.05, 0) is 30.4 Å². The van der Waals surface area contributed by atoms with Gasteiger partial charge in [-0.1, -0.05) is 43.9 Å². The molecule has 4 rings (SSSR count). The van der Waals surface area contributed by atoms with Crippen molar-refractivity contribution in [2.75, 3.05) is 18.1 Å². The van der Waals surface area contributed by atoms with Gasteiger partial charge in [-0.3, -0.25) is 9.59 Å². The van der Waals surface area contributed by atoms with E-state index in [-0.39, 0.29) is 30.9 Å². The molecule has 0 bridgehead atoms. The van der Waals surface area contributed by atoms with Gasteiger partial charge < -0.3 is 10.1 Å². The fourth-order valence-corrected chi connectivity index (χ4v) is 5.11. The zero-order valence-electron chi connectivity index (χ0n) is 15.0. The van der Waals surface area contributed by atoms with Crippen molar-refractivity contribution in [1.29, 1.82) is 0 Å². The Morgan fingerprint density at radius 3 is 2.73 bits per heavy atom. The molecule has 1 saturated heterocycles. The molecule has 0 radical (unpaired) electrons. The van der Waals surface area contributed by atoms with Crippen LogP contribution in [0.15, 0.2) is 24.3 Å². The van der Waals surface area contributed by atoms with Gasteiger partial charge in [-0.15, -0.1) is 0 Å². The Balaban J connectivity index is 1.84. The van der Waals surface area contributed by atoms with Gasteiger partial charge in [-0.2, -0.15) is 0 Å². The van der Waals surface area contributed by atoms with Gasteiger partial charge >= 0.3 is 6.09 Å². The third kappa shape index (κ3) is 2.35. The number of piperidine rings is 1. The molecule has 1 aliphatic carbocycles. The van der Waals surface area contributed by atoms with Gasteiger partial charge in [0.1, 0.15) is 0 Å². The van der Waals surface area contributed by atoms with E-state index in [0.29, 0.717) is 18.0 Å². The molecule has 138 valence electrons. The standard InChI is InChI=1S/C20H24N2O4/c1-2-26-19(25)22-16-10-6-5-9-14(16)20(18(22)24)12-21-17(23)11-15(20)13-7-3-4-8-13/h5-6,9-10,13,15H,2-4,7-8,11-12H2,1H3,(H,21,23). The van der Waals surface area contributed by atoms with Crippen LogP contribution in [-0.2, 0) is 19.7 Å². The molecule has 3 amide bonds. The first-order valence-corrected chi connectivity index (χ1v) is 9.47. The summed E-state index contributed by atoms with van der Waals surface area (Å²) in [5.41, 5.74) is 0.566. The maximum Gasteiger partial charge on any atom is 0.421 e. The van der Waals surface area contributed by atoms with Crippen LogP contribution >= 0.6 is 0 Å². The maximum atomic E-state index is 13.6. The third-order valence-corrected chi connectivity index (χ3v) is 6.23. The average molecular weight is 356 g/mol. The molecule has 2 heterocycles. The van der Waals surface area contributed by atoms with E-state index in [9.17, 15) is 14.4 Å². The largest absolute Gasteiger partial charge is 0.449 e. The number of imide groups is 1. The van der Waals surface area contributed by atoms with Crippen LogP contribution in [0, 0.1) is 11.8 Å². The van der Waals surface area contributed by atoms with Crippen molar-refractivity contribution in [3.63, 3.8) is 0 Å². The number of hydrogen-bond acceptors (Lipinski definition) is 4. The van der Waals surface area contributed by atoms with Crippen molar-refractivity contribution in [3.8, 4) is 0 Å². The van der Waals surface area contributed by atoms with Crippen molar-refractivity contribution in [3.05, 3.63) is 29.8 Å². The second-order valence-electron chi connectivity index (χ2n) is 7.46. The summed E-state index contributed by atoms with van der Waals surface area (Å²) in [6.07, 6.45) is 4.04. The topological polar surface area (TPSA) is 75.7 Å². The fraction of sp³-hybridized carbons (Fsp3) is 0.550. The van der Waals surface area contributed by atoms with E-state index in [1.165, 1.54) is 4.90 Å². The summed E-state index contributed by atoms with van der Waals surface area (Å²) in [7, 11) is 0. The van der Waals surface area contributed by atoms with Gasteiger partial charge in [0.25, 0.3) is 0 Å². The lowest BCUT2D eigenvalue weighted by Gasteiger charge is -2.43. The number of hydrogen-bond donors (Lipinski definition) is 1. The number of carbonyl (C=O) groups excluding carboxylic acids is 3. The molecule has 1 aromatic rings. The van der Waals surface area contributed by atoms with E-state index in [4.69, 9.17) is 4.74 Å². The lowest BCUT2D eigenvalue weighted by Crippen LogP contribution is -2.59. The highest BCUT2D eigenvalue weighted by Gasteiger charge is 2.60. The SMILES string of the molecule is CCOC(=O)N1C(=O)C2(CNC(=O)CC2C2CCCC2)c2ccccc21. The normalized spacial score (nSPS) is 28.3. The van der Waals surface area contributed by atoms with Crippen molar-refractivity contribution in [2.24, 2.45) is 11.8 Å². The summed E-state index contributed by atoms with van der Waals surface area (Å²) in [6, 6.07) is 7.43. The minimum Gasteiger partial charge on any atom is -0.449 e. The predicted octanol–water partition coefficient (Wildman–Crippen LogP) is 2.75. The summed E-state index contributed by atoms with van der Waals surface area (Å²) >= 11 is 0. The molecule has 1 N–H and O–H groups in total. The molecule has 1 spiro atoms. The Morgan fingerprint density at radius 2 is 2.00 bits per heavy atom. The van der Waals surface area contributed by atoms with Gasteiger partial charge in [0.15, 0.2) is 0 Å². The molecule has 6 heteroatoms. The summed E-state index contributed by atoms with van der Waals surface area (Å²) in [6.45, 7) is 2.18. The highest BCUT2D eigenvalue weighted by molar-refractivity contribution is 6.21. The van der Waals surface area contributed by atoms with E-state index in [2.05, 4.69) is 5.32 Å². The molecule has 0 aromatic heterocycles. The van der Waals surface area contributed by atoms with Crippen LogP contribution in [0.3, 0.4) is 0 Å². The summed E-state index contributed by atoms with van der Waals surface area (Å²) < 4.78 is 5.15. The van der Waals surface area contributed by atoms with E-state index in [1.54, 1.807) is 13.0 Å².